The minimum absolute atomic E-state index is 0.00626. The van der Waals surface area contributed by atoms with Gasteiger partial charge in [-0.1, -0.05) is 80.9 Å². The van der Waals surface area contributed by atoms with E-state index in [1.54, 1.807) is 4.90 Å². The van der Waals surface area contributed by atoms with Crippen LogP contribution in [0.3, 0.4) is 0 Å². The van der Waals surface area contributed by atoms with Gasteiger partial charge in [-0.25, -0.2) is 0 Å². The summed E-state index contributed by atoms with van der Waals surface area (Å²) in [6, 6.07) is 26.4. The Morgan fingerprint density at radius 1 is 0.850 bits per heavy atom. The molecule has 4 aromatic rings. The summed E-state index contributed by atoms with van der Waals surface area (Å²) >= 11 is 1.42. The number of rotatable bonds is 9. The highest BCUT2D eigenvalue weighted by atomic mass is 32.1. The second-order valence-electron chi connectivity index (χ2n) is 10.3. The normalized spacial score (nSPS) is 14.2. The lowest BCUT2D eigenvalue weighted by molar-refractivity contribution is -0.132. The van der Waals surface area contributed by atoms with Crippen LogP contribution < -0.4 is 4.90 Å². The van der Waals surface area contributed by atoms with Gasteiger partial charge in [0.05, 0.1) is 10.6 Å². The number of carbonyl (C=O) groups is 2. The molecule has 0 unspecified atom stereocenters. The van der Waals surface area contributed by atoms with Crippen LogP contribution in [-0.4, -0.2) is 71.1 Å². The zero-order valence-corrected chi connectivity index (χ0v) is 23.9. The fraction of sp³-hybridized carbons (Fsp3) is 0.312. The van der Waals surface area contributed by atoms with E-state index in [0.717, 1.165) is 23.5 Å². The molecule has 1 aliphatic heterocycles. The maximum atomic E-state index is 13.2. The van der Waals surface area contributed by atoms with Crippen LogP contribution in [0.15, 0.2) is 84.2 Å². The van der Waals surface area contributed by atoms with Crippen LogP contribution in [0, 0.1) is 5.92 Å². The molecule has 8 heteroatoms. The number of piperazine rings is 1. The fourth-order valence-corrected chi connectivity index (χ4v) is 5.53. The van der Waals surface area contributed by atoms with Crippen LogP contribution in [0.2, 0.25) is 0 Å². The first-order valence-electron chi connectivity index (χ1n) is 13.9. The van der Waals surface area contributed by atoms with Crippen LogP contribution in [-0.2, 0) is 4.79 Å². The Hall–Kier alpha value is -4.04. The summed E-state index contributed by atoms with van der Waals surface area (Å²) in [5, 5.41) is 10.9. The van der Waals surface area contributed by atoms with Gasteiger partial charge in [-0.3, -0.25) is 9.59 Å². The summed E-state index contributed by atoms with van der Waals surface area (Å²) in [6.45, 7) is 7.45. The summed E-state index contributed by atoms with van der Waals surface area (Å²) in [6.07, 6.45) is 0.958. The quantitative estimate of drug-likeness (QED) is 0.266. The van der Waals surface area contributed by atoms with Crippen molar-refractivity contribution in [2.45, 2.75) is 20.3 Å². The third-order valence-corrected chi connectivity index (χ3v) is 8.33. The molecule has 0 saturated carbocycles. The van der Waals surface area contributed by atoms with Crippen molar-refractivity contribution in [3.05, 3.63) is 89.1 Å². The van der Waals surface area contributed by atoms with Gasteiger partial charge in [0, 0.05) is 38.3 Å². The summed E-state index contributed by atoms with van der Waals surface area (Å²) < 4.78 is 0. The number of benzene rings is 2. The van der Waals surface area contributed by atoms with Crippen molar-refractivity contribution in [2.24, 2.45) is 5.92 Å². The first-order chi connectivity index (χ1) is 19.5. The van der Waals surface area contributed by atoms with Gasteiger partial charge in [0.25, 0.3) is 5.91 Å². The second-order valence-corrected chi connectivity index (χ2v) is 11.2. The van der Waals surface area contributed by atoms with Gasteiger partial charge in [0.15, 0.2) is 5.82 Å². The molecule has 1 aliphatic rings. The molecule has 0 radical (unpaired) electrons. The van der Waals surface area contributed by atoms with Crippen molar-refractivity contribution < 1.29 is 9.59 Å². The minimum atomic E-state index is -0.0626. The van der Waals surface area contributed by atoms with E-state index >= 15 is 0 Å². The fourth-order valence-electron chi connectivity index (χ4n) is 4.84. The molecule has 40 heavy (non-hydrogen) atoms. The standard InChI is InChI=1S/C32H35N5O2S/c1-3-24(2)22-37(32(39)29-10-7-21-40-29)23-31(38)36-19-17-35(18-20-36)30-16-15-28(33-34-30)27-13-11-26(12-14-27)25-8-5-4-6-9-25/h4-16,21,24H,3,17-20,22-23H2,1-2H3/t24-/m1/s1. The molecule has 0 aliphatic carbocycles. The van der Waals surface area contributed by atoms with E-state index in [-0.39, 0.29) is 18.4 Å². The zero-order valence-electron chi connectivity index (χ0n) is 23.1. The van der Waals surface area contributed by atoms with Gasteiger partial charge >= 0.3 is 0 Å². The van der Waals surface area contributed by atoms with E-state index in [9.17, 15) is 9.59 Å². The topological polar surface area (TPSA) is 69.6 Å². The van der Waals surface area contributed by atoms with Crippen molar-refractivity contribution in [3.8, 4) is 22.4 Å². The zero-order chi connectivity index (χ0) is 27.9. The molecule has 2 aromatic carbocycles. The largest absolute Gasteiger partial charge is 0.352 e. The molecule has 2 amide bonds. The molecule has 3 heterocycles. The van der Waals surface area contributed by atoms with Crippen LogP contribution in [0.1, 0.15) is 29.9 Å². The monoisotopic (exact) mass is 553 g/mol. The van der Waals surface area contributed by atoms with E-state index < -0.39 is 0 Å². The van der Waals surface area contributed by atoms with Gasteiger partial charge in [0.2, 0.25) is 5.91 Å². The first kappa shape index (κ1) is 27.5. The molecule has 1 fully saturated rings. The number of anilines is 1. The van der Waals surface area contributed by atoms with E-state index in [4.69, 9.17) is 0 Å². The number of amides is 2. The molecule has 2 aromatic heterocycles. The number of carbonyl (C=O) groups excluding carboxylic acids is 2. The smallest absolute Gasteiger partial charge is 0.264 e. The number of hydrogen-bond donors (Lipinski definition) is 0. The Kier molecular flexibility index (Phi) is 8.86. The summed E-state index contributed by atoms with van der Waals surface area (Å²) in [7, 11) is 0. The van der Waals surface area contributed by atoms with Crippen molar-refractivity contribution in [2.75, 3.05) is 44.2 Å². The van der Waals surface area contributed by atoms with Crippen molar-refractivity contribution in [1.29, 1.82) is 0 Å². The lowest BCUT2D eigenvalue weighted by Crippen LogP contribution is -2.52. The van der Waals surface area contributed by atoms with Crippen molar-refractivity contribution >= 4 is 29.0 Å². The first-order valence-corrected chi connectivity index (χ1v) is 14.7. The lowest BCUT2D eigenvalue weighted by Gasteiger charge is -2.36. The Bertz CT molecular complexity index is 1380. The molecular weight excluding hydrogens is 518 g/mol. The summed E-state index contributed by atoms with van der Waals surface area (Å²) in [4.78, 5) is 32.7. The van der Waals surface area contributed by atoms with Crippen LogP contribution in [0.5, 0.6) is 0 Å². The summed E-state index contributed by atoms with van der Waals surface area (Å²) in [5.74, 6) is 1.07. The Labute approximate surface area is 240 Å². The molecular formula is C32H35N5O2S. The third kappa shape index (κ3) is 6.57. The molecule has 0 spiro atoms. The van der Waals surface area contributed by atoms with Gasteiger partial charge in [-0.05, 0) is 40.6 Å². The van der Waals surface area contributed by atoms with E-state index in [2.05, 4.69) is 65.3 Å². The molecule has 1 saturated heterocycles. The van der Waals surface area contributed by atoms with Crippen molar-refractivity contribution in [3.63, 3.8) is 0 Å². The Morgan fingerprint density at radius 3 is 2.17 bits per heavy atom. The lowest BCUT2D eigenvalue weighted by atomic mass is 10.0. The number of hydrogen-bond acceptors (Lipinski definition) is 6. The average molecular weight is 554 g/mol. The Morgan fingerprint density at radius 2 is 1.55 bits per heavy atom. The predicted molar refractivity (Wildman–Crippen MR) is 161 cm³/mol. The van der Waals surface area contributed by atoms with Crippen LogP contribution in [0.25, 0.3) is 22.4 Å². The minimum Gasteiger partial charge on any atom is -0.352 e. The van der Waals surface area contributed by atoms with Gasteiger partial charge in [0.1, 0.15) is 6.54 Å². The van der Waals surface area contributed by atoms with Gasteiger partial charge in [-0.2, -0.15) is 0 Å². The predicted octanol–water partition coefficient (Wildman–Crippen LogP) is 5.71. The maximum absolute atomic E-state index is 13.2. The highest BCUT2D eigenvalue weighted by Crippen LogP contribution is 2.24. The molecule has 206 valence electrons. The molecule has 7 nitrogen and oxygen atoms in total. The molecule has 1 atom stereocenters. The molecule has 5 rings (SSSR count). The highest BCUT2D eigenvalue weighted by molar-refractivity contribution is 7.12. The van der Waals surface area contributed by atoms with Crippen molar-refractivity contribution in [1.82, 2.24) is 20.0 Å². The number of aromatic nitrogens is 2. The average Bonchev–Trinajstić information content (AvgIpc) is 3.56. The third-order valence-electron chi connectivity index (χ3n) is 7.47. The highest BCUT2D eigenvalue weighted by Gasteiger charge is 2.27. The molecule has 0 N–H and O–H groups in total. The van der Waals surface area contributed by atoms with E-state index in [1.807, 2.05) is 52.7 Å². The van der Waals surface area contributed by atoms with Crippen LogP contribution in [0.4, 0.5) is 5.82 Å². The van der Waals surface area contributed by atoms with E-state index in [1.165, 1.54) is 22.5 Å². The van der Waals surface area contributed by atoms with Gasteiger partial charge in [-0.15, -0.1) is 21.5 Å². The molecule has 0 bridgehead atoms. The second kappa shape index (κ2) is 12.9. The van der Waals surface area contributed by atoms with E-state index in [0.29, 0.717) is 43.5 Å². The number of nitrogens with zero attached hydrogens (tertiary/aromatic N) is 5. The summed E-state index contributed by atoms with van der Waals surface area (Å²) in [5.41, 5.74) is 4.20. The maximum Gasteiger partial charge on any atom is 0.264 e. The SMILES string of the molecule is CC[C@@H](C)CN(CC(=O)N1CCN(c2ccc(-c3ccc(-c4ccccc4)cc3)nn2)CC1)C(=O)c1cccs1. The van der Waals surface area contributed by atoms with Gasteiger partial charge < -0.3 is 14.7 Å². The van der Waals surface area contributed by atoms with Crippen LogP contribution >= 0.6 is 11.3 Å². The Balaban J connectivity index is 1.17. The number of thiophene rings is 1.